The van der Waals surface area contributed by atoms with E-state index in [1.807, 2.05) is 4.52 Å². The largest absolute Gasteiger partial charge is 0.470 e. The molecular formula is C6H3F12O5P. The fourth-order valence-electron chi connectivity index (χ4n) is 1.48. The van der Waals surface area contributed by atoms with Crippen molar-refractivity contribution in [3.8, 4) is 0 Å². The first-order valence-corrected chi connectivity index (χ1v) is 6.24. The van der Waals surface area contributed by atoms with Crippen molar-refractivity contribution in [1.29, 1.82) is 0 Å². The fraction of sp³-hybridized carbons (Fsp3) is 1.00. The molecule has 0 unspecified atom stereocenters. The molecule has 0 aromatic carbocycles. The minimum Gasteiger partial charge on any atom is -0.371 e. The van der Waals surface area contributed by atoms with Crippen LogP contribution in [0.4, 0.5) is 52.7 Å². The third kappa shape index (κ3) is 3.44. The van der Waals surface area contributed by atoms with E-state index in [0.29, 0.717) is 0 Å². The Kier molecular flexibility index (Phi) is 5.44. The van der Waals surface area contributed by atoms with E-state index < -0.39 is 43.7 Å². The second kappa shape index (κ2) is 5.62. The number of aliphatic hydroxyl groups is 1. The molecule has 0 atom stereocenters. The second-order valence-corrected chi connectivity index (χ2v) is 5.13. The van der Waals surface area contributed by atoms with Crippen molar-refractivity contribution in [1.82, 2.24) is 0 Å². The Morgan fingerprint density at radius 2 is 0.875 bits per heavy atom. The minimum absolute atomic E-state index is 1.90. The summed E-state index contributed by atoms with van der Waals surface area (Å²) in [4.78, 5) is 16.0. The van der Waals surface area contributed by atoms with Gasteiger partial charge < -0.3 is 14.9 Å². The van der Waals surface area contributed by atoms with Crippen molar-refractivity contribution in [2.75, 3.05) is 0 Å². The van der Waals surface area contributed by atoms with Gasteiger partial charge in [-0.2, -0.15) is 52.7 Å². The van der Waals surface area contributed by atoms with Gasteiger partial charge in [0.1, 0.15) is 0 Å². The summed E-state index contributed by atoms with van der Waals surface area (Å²) in [5, 5.41) is 8.47. The van der Waals surface area contributed by atoms with Gasteiger partial charge in [-0.3, -0.25) is 4.52 Å². The molecule has 24 heavy (non-hydrogen) atoms. The van der Waals surface area contributed by atoms with Crippen LogP contribution >= 0.6 is 7.82 Å². The lowest BCUT2D eigenvalue weighted by Gasteiger charge is -2.47. The average molecular weight is 414 g/mol. The number of phosphoric acid groups is 1. The Bertz CT molecular complexity index is 480. The van der Waals surface area contributed by atoms with Gasteiger partial charge in [-0.05, 0) is 0 Å². The third-order valence-corrected chi connectivity index (χ3v) is 2.90. The van der Waals surface area contributed by atoms with Crippen LogP contribution in [-0.4, -0.2) is 50.8 Å². The van der Waals surface area contributed by atoms with Crippen LogP contribution in [0.15, 0.2) is 0 Å². The first kappa shape index (κ1) is 23.2. The summed E-state index contributed by atoms with van der Waals surface area (Å²) < 4.78 is 162. The fourth-order valence-corrected chi connectivity index (χ4v) is 2.17. The Labute approximate surface area is 122 Å². The summed E-state index contributed by atoms with van der Waals surface area (Å²) >= 11 is 0. The van der Waals surface area contributed by atoms with E-state index in [1.54, 1.807) is 0 Å². The molecule has 0 aromatic rings. The molecule has 0 saturated heterocycles. The molecule has 0 radical (unpaired) electrons. The lowest BCUT2D eigenvalue weighted by Crippen LogP contribution is -2.81. The summed E-state index contributed by atoms with van der Waals surface area (Å²) in [5.41, 5.74) is -15.6. The maximum absolute atomic E-state index is 12.6. The highest BCUT2D eigenvalue weighted by molar-refractivity contribution is 7.46. The predicted octanol–water partition coefficient (Wildman–Crippen LogP) is 2.81. The molecule has 0 amide bonds. The molecule has 0 aliphatic rings. The Morgan fingerprint density at radius 3 is 1.00 bits per heavy atom. The summed E-state index contributed by atoms with van der Waals surface area (Å²) in [7, 11) is -7.32. The summed E-state index contributed by atoms with van der Waals surface area (Å²) in [6.45, 7) is 0. The molecule has 3 N–H and O–H groups in total. The van der Waals surface area contributed by atoms with E-state index in [-0.39, 0.29) is 0 Å². The van der Waals surface area contributed by atoms with Crippen LogP contribution in [0.25, 0.3) is 0 Å². The molecule has 0 spiro atoms. The van der Waals surface area contributed by atoms with Crippen LogP contribution in [-0.2, 0) is 9.09 Å². The smallest absolute Gasteiger partial charge is 0.371 e. The van der Waals surface area contributed by atoms with E-state index in [9.17, 15) is 57.3 Å². The molecule has 0 bridgehead atoms. The molecule has 5 nitrogen and oxygen atoms in total. The molecule has 0 aliphatic heterocycles. The number of hydrogen-bond acceptors (Lipinski definition) is 3. The molecule has 0 aromatic heterocycles. The summed E-state index contributed by atoms with van der Waals surface area (Å²) in [6, 6.07) is 0. The zero-order valence-corrected chi connectivity index (χ0v) is 11.0. The van der Waals surface area contributed by atoms with Crippen molar-refractivity contribution < 1.29 is 76.7 Å². The number of rotatable bonds is 3. The maximum Gasteiger partial charge on any atom is 0.470 e. The molecular weight excluding hydrogens is 411 g/mol. The van der Waals surface area contributed by atoms with Crippen molar-refractivity contribution in [3.63, 3.8) is 0 Å². The standard InChI is InChI=1S/C6H3F12O5P/c7-3(8,9)1(19,4(10,11)12)2(5(13,14)15,6(16,17)18)23-24(20,21)22/h19H,(H2,20,21,22). The summed E-state index contributed by atoms with van der Waals surface area (Å²) in [6.07, 6.45) is -31.2. The van der Waals surface area contributed by atoms with E-state index in [0.717, 1.165) is 0 Å². The molecule has 0 saturated carbocycles. The van der Waals surface area contributed by atoms with Crippen molar-refractivity contribution in [3.05, 3.63) is 0 Å². The van der Waals surface area contributed by atoms with E-state index >= 15 is 0 Å². The predicted molar refractivity (Wildman–Crippen MR) is 45.0 cm³/mol. The van der Waals surface area contributed by atoms with Gasteiger partial charge in [0.15, 0.2) is 0 Å². The first-order chi connectivity index (χ1) is 9.96. The Hall–Kier alpha value is -0.770. The van der Waals surface area contributed by atoms with Gasteiger partial charge in [0.25, 0.3) is 0 Å². The topological polar surface area (TPSA) is 87.0 Å². The van der Waals surface area contributed by atoms with Crippen LogP contribution in [0.3, 0.4) is 0 Å². The van der Waals surface area contributed by atoms with Gasteiger partial charge >= 0.3 is 43.7 Å². The van der Waals surface area contributed by atoms with E-state index in [4.69, 9.17) is 14.9 Å². The zero-order valence-electron chi connectivity index (χ0n) is 10.1. The second-order valence-electron chi connectivity index (χ2n) is 3.96. The van der Waals surface area contributed by atoms with Gasteiger partial charge in [-0.25, -0.2) is 4.57 Å². The van der Waals surface area contributed by atoms with E-state index in [1.165, 1.54) is 0 Å². The highest BCUT2D eigenvalue weighted by Gasteiger charge is 2.96. The Morgan fingerprint density at radius 1 is 0.625 bits per heavy atom. The van der Waals surface area contributed by atoms with Crippen molar-refractivity contribution >= 4 is 7.82 Å². The Balaban J connectivity index is 7.33. The molecule has 0 rings (SSSR count). The van der Waals surface area contributed by atoms with Gasteiger partial charge in [-0.15, -0.1) is 0 Å². The zero-order chi connectivity index (χ0) is 20.2. The van der Waals surface area contributed by atoms with Gasteiger partial charge in [0.05, 0.1) is 0 Å². The molecule has 0 heterocycles. The number of alkyl halides is 12. The van der Waals surface area contributed by atoms with E-state index in [2.05, 4.69) is 0 Å². The maximum atomic E-state index is 12.6. The van der Waals surface area contributed by atoms with Crippen LogP contribution in [0.2, 0.25) is 0 Å². The molecule has 0 fully saturated rings. The quantitative estimate of drug-likeness (QED) is 0.489. The highest BCUT2D eigenvalue weighted by Crippen LogP contribution is 2.65. The SMILES string of the molecule is O=P(O)(O)OC(C(F)(F)F)(C(F)(F)F)C(O)(C(F)(F)F)C(F)(F)F. The van der Waals surface area contributed by atoms with Crippen LogP contribution < -0.4 is 0 Å². The van der Waals surface area contributed by atoms with Gasteiger partial charge in [0.2, 0.25) is 0 Å². The van der Waals surface area contributed by atoms with Gasteiger partial charge in [0, 0.05) is 0 Å². The molecule has 18 heteroatoms. The first-order valence-electron chi connectivity index (χ1n) is 4.71. The lowest BCUT2D eigenvalue weighted by atomic mass is 9.79. The number of halogens is 12. The number of hydrogen-bond donors (Lipinski definition) is 3. The summed E-state index contributed by atoms with van der Waals surface area (Å²) in [5.74, 6) is 0. The van der Waals surface area contributed by atoms with Crippen molar-refractivity contribution in [2.24, 2.45) is 0 Å². The monoisotopic (exact) mass is 414 g/mol. The van der Waals surface area contributed by atoms with Crippen LogP contribution in [0.1, 0.15) is 0 Å². The van der Waals surface area contributed by atoms with Crippen LogP contribution in [0, 0.1) is 0 Å². The van der Waals surface area contributed by atoms with Crippen molar-refractivity contribution in [2.45, 2.75) is 35.9 Å². The average Bonchev–Trinajstić information content (AvgIpc) is 2.16. The number of phosphoric ester groups is 1. The third-order valence-electron chi connectivity index (χ3n) is 2.38. The molecule has 0 aliphatic carbocycles. The highest BCUT2D eigenvalue weighted by atomic mass is 31.2. The lowest BCUT2D eigenvalue weighted by molar-refractivity contribution is -0.490. The minimum atomic E-state index is -7.83. The molecule has 146 valence electrons. The normalized spacial score (nSPS) is 16.5. The van der Waals surface area contributed by atoms with Gasteiger partial charge in [-0.1, -0.05) is 0 Å². The van der Waals surface area contributed by atoms with Crippen LogP contribution in [0.5, 0.6) is 0 Å².